The van der Waals surface area contributed by atoms with Gasteiger partial charge < -0.3 is 10.6 Å². The number of amides is 1. The van der Waals surface area contributed by atoms with E-state index >= 15 is 0 Å². The number of pyridine rings is 1. The van der Waals surface area contributed by atoms with Crippen molar-refractivity contribution in [3.8, 4) is 5.69 Å². The molecule has 1 unspecified atom stereocenters. The lowest BCUT2D eigenvalue weighted by Gasteiger charge is -2.08. The number of aromatic nitrogens is 3. The van der Waals surface area contributed by atoms with Crippen LogP contribution in [0.25, 0.3) is 5.69 Å². The van der Waals surface area contributed by atoms with Gasteiger partial charge in [-0.15, -0.1) is 0 Å². The molecule has 0 saturated carbocycles. The highest BCUT2D eigenvalue weighted by atomic mass is 16.2. The number of hydrogen-bond acceptors (Lipinski definition) is 4. The van der Waals surface area contributed by atoms with E-state index in [1.807, 2.05) is 13.0 Å². The molecular formula is C14H19N5O. The zero-order chi connectivity index (χ0) is 14.7. The Balaban J connectivity index is 2.26. The topological polar surface area (TPSA) is 77.0 Å². The smallest absolute Gasteiger partial charge is 0.273 e. The van der Waals surface area contributed by atoms with E-state index in [1.165, 1.54) is 4.90 Å². The van der Waals surface area contributed by atoms with Crippen LogP contribution in [0.15, 0.2) is 30.7 Å². The highest BCUT2D eigenvalue weighted by Gasteiger charge is 2.12. The van der Waals surface area contributed by atoms with Crippen LogP contribution < -0.4 is 5.73 Å². The molecule has 0 fully saturated rings. The number of carbonyl (C=O) groups excluding carboxylic acids is 1. The summed E-state index contributed by atoms with van der Waals surface area (Å²) in [5.74, 6) is -0.122. The van der Waals surface area contributed by atoms with Gasteiger partial charge >= 0.3 is 0 Å². The van der Waals surface area contributed by atoms with E-state index in [1.54, 1.807) is 43.4 Å². The molecule has 0 aliphatic carbocycles. The fraction of sp³-hybridized carbons (Fsp3) is 0.357. The number of nitrogens with zero attached hydrogens (tertiary/aromatic N) is 4. The molecular weight excluding hydrogens is 254 g/mol. The first kappa shape index (κ1) is 14.2. The molecule has 20 heavy (non-hydrogen) atoms. The summed E-state index contributed by atoms with van der Waals surface area (Å²) in [6, 6.07) is 3.75. The van der Waals surface area contributed by atoms with Gasteiger partial charge in [0.1, 0.15) is 0 Å². The third-order valence-corrected chi connectivity index (χ3v) is 2.82. The van der Waals surface area contributed by atoms with Gasteiger partial charge in [-0.3, -0.25) is 9.78 Å². The van der Waals surface area contributed by atoms with E-state index in [9.17, 15) is 4.79 Å². The van der Waals surface area contributed by atoms with Crippen molar-refractivity contribution in [2.45, 2.75) is 19.4 Å². The maximum atomic E-state index is 11.8. The molecule has 2 aromatic rings. The summed E-state index contributed by atoms with van der Waals surface area (Å²) in [5.41, 5.74) is 8.07. The van der Waals surface area contributed by atoms with Gasteiger partial charge in [-0.2, -0.15) is 5.10 Å². The van der Waals surface area contributed by atoms with Crippen molar-refractivity contribution in [1.82, 2.24) is 19.7 Å². The molecule has 0 aliphatic heterocycles. The summed E-state index contributed by atoms with van der Waals surface area (Å²) in [5, 5.41) is 4.28. The Bertz CT molecular complexity index is 603. The molecule has 2 N–H and O–H groups in total. The predicted octanol–water partition coefficient (Wildman–Crippen LogP) is 0.859. The first-order chi connectivity index (χ1) is 9.47. The van der Waals surface area contributed by atoms with Crippen LogP contribution in [-0.4, -0.2) is 45.7 Å². The Morgan fingerprint density at radius 2 is 2.20 bits per heavy atom. The van der Waals surface area contributed by atoms with E-state index in [-0.39, 0.29) is 11.9 Å². The Morgan fingerprint density at radius 1 is 1.45 bits per heavy atom. The summed E-state index contributed by atoms with van der Waals surface area (Å²) < 4.78 is 1.65. The summed E-state index contributed by atoms with van der Waals surface area (Å²) >= 11 is 0. The minimum atomic E-state index is -0.122. The van der Waals surface area contributed by atoms with Crippen LogP contribution in [0.1, 0.15) is 23.0 Å². The molecule has 1 atom stereocenters. The van der Waals surface area contributed by atoms with Crippen molar-refractivity contribution in [1.29, 1.82) is 0 Å². The lowest BCUT2D eigenvalue weighted by Crippen LogP contribution is -2.22. The van der Waals surface area contributed by atoms with Crippen LogP contribution in [0, 0.1) is 0 Å². The Morgan fingerprint density at radius 3 is 2.85 bits per heavy atom. The molecule has 2 rings (SSSR count). The normalized spacial score (nSPS) is 12.2. The van der Waals surface area contributed by atoms with Gasteiger partial charge in [0, 0.05) is 32.5 Å². The fourth-order valence-corrected chi connectivity index (χ4v) is 1.89. The molecule has 0 aromatic carbocycles. The second-order valence-corrected chi connectivity index (χ2v) is 5.08. The van der Waals surface area contributed by atoms with Crippen molar-refractivity contribution < 1.29 is 4.79 Å². The van der Waals surface area contributed by atoms with Crippen LogP contribution in [0.2, 0.25) is 0 Å². The molecule has 6 nitrogen and oxygen atoms in total. The highest BCUT2D eigenvalue weighted by molar-refractivity contribution is 5.91. The summed E-state index contributed by atoms with van der Waals surface area (Å²) in [4.78, 5) is 17.5. The standard InChI is InChI=1S/C14H19N5O/c1-10(15)6-11-7-12(9-16-8-11)19-5-4-13(17-19)14(20)18(2)3/h4-5,7-10H,6,15H2,1-3H3. The van der Waals surface area contributed by atoms with Crippen molar-refractivity contribution in [3.05, 3.63) is 42.0 Å². The largest absolute Gasteiger partial charge is 0.343 e. The molecule has 106 valence electrons. The summed E-state index contributed by atoms with van der Waals surface area (Å²) in [6.45, 7) is 1.95. The van der Waals surface area contributed by atoms with Crippen LogP contribution >= 0.6 is 0 Å². The number of carbonyl (C=O) groups is 1. The minimum absolute atomic E-state index is 0.0792. The number of rotatable bonds is 4. The van der Waals surface area contributed by atoms with E-state index in [0.29, 0.717) is 5.69 Å². The van der Waals surface area contributed by atoms with Gasteiger partial charge in [-0.1, -0.05) is 0 Å². The Hall–Kier alpha value is -2.21. The van der Waals surface area contributed by atoms with Crippen LogP contribution in [0.3, 0.4) is 0 Å². The monoisotopic (exact) mass is 273 g/mol. The van der Waals surface area contributed by atoms with Crippen LogP contribution in [0.4, 0.5) is 0 Å². The van der Waals surface area contributed by atoms with Crippen molar-refractivity contribution in [3.63, 3.8) is 0 Å². The average Bonchev–Trinajstić information content (AvgIpc) is 2.86. The van der Waals surface area contributed by atoms with Gasteiger partial charge in [0.25, 0.3) is 5.91 Å². The zero-order valence-electron chi connectivity index (χ0n) is 11.9. The predicted molar refractivity (Wildman–Crippen MR) is 76.7 cm³/mol. The van der Waals surface area contributed by atoms with Gasteiger partial charge in [0.05, 0.1) is 11.9 Å². The molecule has 0 spiro atoms. The minimum Gasteiger partial charge on any atom is -0.343 e. The molecule has 1 amide bonds. The van der Waals surface area contributed by atoms with Crippen molar-refractivity contribution in [2.75, 3.05) is 14.1 Å². The Kier molecular flexibility index (Phi) is 4.14. The van der Waals surface area contributed by atoms with Crippen LogP contribution in [-0.2, 0) is 6.42 Å². The average molecular weight is 273 g/mol. The summed E-state index contributed by atoms with van der Waals surface area (Å²) in [6.07, 6.45) is 6.01. The Labute approximate surface area is 118 Å². The molecule has 0 saturated heterocycles. The summed E-state index contributed by atoms with van der Waals surface area (Å²) in [7, 11) is 3.40. The third-order valence-electron chi connectivity index (χ3n) is 2.82. The molecule has 0 radical (unpaired) electrons. The molecule has 2 heterocycles. The van der Waals surface area contributed by atoms with Gasteiger partial charge in [0.2, 0.25) is 0 Å². The van der Waals surface area contributed by atoms with E-state index < -0.39 is 0 Å². The lowest BCUT2D eigenvalue weighted by atomic mass is 10.1. The van der Waals surface area contributed by atoms with E-state index in [0.717, 1.165) is 17.7 Å². The molecule has 0 bridgehead atoms. The van der Waals surface area contributed by atoms with E-state index in [2.05, 4.69) is 10.1 Å². The second kappa shape index (κ2) is 5.83. The second-order valence-electron chi connectivity index (χ2n) is 5.08. The third kappa shape index (κ3) is 3.21. The van der Waals surface area contributed by atoms with Crippen molar-refractivity contribution >= 4 is 5.91 Å². The van der Waals surface area contributed by atoms with Gasteiger partial charge in [0.15, 0.2) is 5.69 Å². The first-order valence-electron chi connectivity index (χ1n) is 6.44. The lowest BCUT2D eigenvalue weighted by molar-refractivity contribution is 0.0821. The van der Waals surface area contributed by atoms with Crippen molar-refractivity contribution in [2.24, 2.45) is 5.73 Å². The quantitative estimate of drug-likeness (QED) is 0.896. The molecule has 6 heteroatoms. The fourth-order valence-electron chi connectivity index (χ4n) is 1.89. The number of hydrogen-bond donors (Lipinski definition) is 1. The van der Waals surface area contributed by atoms with Gasteiger partial charge in [-0.25, -0.2) is 4.68 Å². The number of nitrogens with two attached hydrogens (primary N) is 1. The van der Waals surface area contributed by atoms with Crippen LogP contribution in [0.5, 0.6) is 0 Å². The SMILES string of the molecule is CC(N)Cc1cncc(-n2ccc(C(=O)N(C)C)n2)c1. The molecule has 0 aliphatic rings. The highest BCUT2D eigenvalue weighted by Crippen LogP contribution is 2.10. The maximum Gasteiger partial charge on any atom is 0.273 e. The first-order valence-corrected chi connectivity index (χ1v) is 6.44. The molecule has 2 aromatic heterocycles. The zero-order valence-corrected chi connectivity index (χ0v) is 11.9. The van der Waals surface area contributed by atoms with Gasteiger partial charge in [-0.05, 0) is 31.0 Å². The van der Waals surface area contributed by atoms with E-state index in [4.69, 9.17) is 5.73 Å². The maximum absolute atomic E-state index is 11.8.